The van der Waals surface area contributed by atoms with Gasteiger partial charge in [0.2, 0.25) is 0 Å². The van der Waals surface area contributed by atoms with Gasteiger partial charge in [-0.05, 0) is 52.1 Å². The van der Waals surface area contributed by atoms with Gasteiger partial charge < -0.3 is 5.32 Å². The average molecular weight is 210 g/mol. The predicted molar refractivity (Wildman–Crippen MR) is 65.1 cm³/mol. The summed E-state index contributed by atoms with van der Waals surface area (Å²) >= 11 is 0. The predicted octanol–water partition coefficient (Wildman–Crippen LogP) is 2.39. The molecular weight excluding hydrogens is 184 g/mol. The van der Waals surface area contributed by atoms with Crippen molar-refractivity contribution in [2.75, 3.05) is 13.1 Å². The molecule has 0 saturated carbocycles. The van der Waals surface area contributed by atoms with Gasteiger partial charge in [-0.2, -0.15) is 0 Å². The quantitative estimate of drug-likeness (QED) is 0.769. The Bertz CT molecular complexity index is 187. The van der Waals surface area contributed by atoms with E-state index in [1.54, 1.807) is 0 Å². The maximum Gasteiger partial charge on any atom is 0.0252 e. The SMILES string of the molecule is CCC(C)N1CCCCC1C1CCCN1. The normalized spacial score (nSPS) is 35.6. The second-order valence-corrected chi connectivity index (χ2v) is 5.26. The molecule has 2 aliphatic heterocycles. The van der Waals surface area contributed by atoms with Gasteiger partial charge in [-0.25, -0.2) is 0 Å². The highest BCUT2D eigenvalue weighted by Crippen LogP contribution is 2.26. The topological polar surface area (TPSA) is 15.3 Å². The smallest absolute Gasteiger partial charge is 0.0252 e. The Balaban J connectivity index is 1.98. The molecule has 1 N–H and O–H groups in total. The van der Waals surface area contributed by atoms with E-state index in [4.69, 9.17) is 0 Å². The summed E-state index contributed by atoms with van der Waals surface area (Å²) in [5, 5.41) is 3.69. The maximum absolute atomic E-state index is 3.69. The van der Waals surface area contributed by atoms with E-state index in [9.17, 15) is 0 Å². The minimum Gasteiger partial charge on any atom is -0.312 e. The fourth-order valence-corrected chi connectivity index (χ4v) is 3.23. The van der Waals surface area contributed by atoms with Crippen LogP contribution in [0, 0.1) is 0 Å². The van der Waals surface area contributed by atoms with E-state index in [1.165, 1.54) is 51.6 Å². The molecule has 0 aromatic carbocycles. The van der Waals surface area contributed by atoms with Crippen LogP contribution in [0.4, 0.5) is 0 Å². The van der Waals surface area contributed by atoms with Crippen molar-refractivity contribution in [2.45, 2.75) is 70.5 Å². The van der Waals surface area contributed by atoms with Crippen LogP contribution in [0.15, 0.2) is 0 Å². The lowest BCUT2D eigenvalue weighted by Crippen LogP contribution is -2.53. The van der Waals surface area contributed by atoms with Gasteiger partial charge in [0.25, 0.3) is 0 Å². The molecule has 0 radical (unpaired) electrons. The van der Waals surface area contributed by atoms with Crippen LogP contribution in [-0.2, 0) is 0 Å². The minimum absolute atomic E-state index is 0.776. The van der Waals surface area contributed by atoms with Crippen LogP contribution in [0.5, 0.6) is 0 Å². The molecule has 2 rings (SSSR count). The van der Waals surface area contributed by atoms with Crippen molar-refractivity contribution in [1.82, 2.24) is 10.2 Å². The van der Waals surface area contributed by atoms with Crippen molar-refractivity contribution < 1.29 is 0 Å². The Morgan fingerprint density at radius 3 is 2.80 bits per heavy atom. The maximum atomic E-state index is 3.69. The highest BCUT2D eigenvalue weighted by atomic mass is 15.2. The minimum atomic E-state index is 0.776. The Morgan fingerprint density at radius 2 is 2.13 bits per heavy atom. The van der Waals surface area contributed by atoms with E-state index in [0.717, 1.165) is 18.1 Å². The molecule has 0 amide bonds. The van der Waals surface area contributed by atoms with Crippen LogP contribution < -0.4 is 5.32 Å². The van der Waals surface area contributed by atoms with Gasteiger partial charge in [0.1, 0.15) is 0 Å². The molecule has 2 aliphatic rings. The Kier molecular flexibility index (Phi) is 4.04. The third kappa shape index (κ3) is 2.54. The molecule has 3 atom stereocenters. The van der Waals surface area contributed by atoms with Gasteiger partial charge in [-0.1, -0.05) is 13.3 Å². The zero-order valence-electron chi connectivity index (χ0n) is 10.3. The van der Waals surface area contributed by atoms with Gasteiger partial charge in [0.05, 0.1) is 0 Å². The van der Waals surface area contributed by atoms with Crippen molar-refractivity contribution in [3.63, 3.8) is 0 Å². The summed E-state index contributed by atoms with van der Waals surface area (Å²) < 4.78 is 0. The monoisotopic (exact) mass is 210 g/mol. The van der Waals surface area contributed by atoms with E-state index >= 15 is 0 Å². The first kappa shape index (κ1) is 11.4. The number of hydrogen-bond acceptors (Lipinski definition) is 2. The van der Waals surface area contributed by atoms with Crippen molar-refractivity contribution in [3.05, 3.63) is 0 Å². The molecule has 2 nitrogen and oxygen atoms in total. The first-order valence-electron chi connectivity index (χ1n) is 6.82. The van der Waals surface area contributed by atoms with E-state index < -0.39 is 0 Å². The molecule has 0 aromatic rings. The molecule has 2 fully saturated rings. The molecular formula is C13H26N2. The zero-order chi connectivity index (χ0) is 10.7. The Morgan fingerprint density at radius 1 is 1.27 bits per heavy atom. The fourth-order valence-electron chi connectivity index (χ4n) is 3.23. The molecule has 0 aliphatic carbocycles. The van der Waals surface area contributed by atoms with E-state index in [-0.39, 0.29) is 0 Å². The van der Waals surface area contributed by atoms with Crippen LogP contribution in [0.25, 0.3) is 0 Å². The van der Waals surface area contributed by atoms with Crippen LogP contribution in [0.2, 0.25) is 0 Å². The summed E-state index contributed by atoms with van der Waals surface area (Å²) in [5.41, 5.74) is 0. The zero-order valence-corrected chi connectivity index (χ0v) is 10.3. The number of nitrogens with one attached hydrogen (secondary N) is 1. The van der Waals surface area contributed by atoms with Gasteiger partial charge >= 0.3 is 0 Å². The molecule has 88 valence electrons. The summed E-state index contributed by atoms with van der Waals surface area (Å²) in [6.45, 7) is 7.29. The van der Waals surface area contributed by atoms with Crippen molar-refractivity contribution in [3.8, 4) is 0 Å². The summed E-state index contributed by atoms with van der Waals surface area (Å²) in [6, 6.07) is 2.40. The van der Waals surface area contributed by atoms with E-state index in [2.05, 4.69) is 24.1 Å². The number of hydrogen-bond donors (Lipinski definition) is 1. The highest BCUT2D eigenvalue weighted by molar-refractivity contribution is 4.92. The van der Waals surface area contributed by atoms with Crippen LogP contribution >= 0.6 is 0 Å². The number of nitrogens with zero attached hydrogens (tertiary/aromatic N) is 1. The summed E-state index contributed by atoms with van der Waals surface area (Å²) in [5.74, 6) is 0. The third-order valence-corrected chi connectivity index (χ3v) is 4.31. The first-order chi connectivity index (χ1) is 7.33. The second kappa shape index (κ2) is 5.31. The molecule has 0 aromatic heterocycles. The molecule has 0 bridgehead atoms. The lowest BCUT2D eigenvalue weighted by molar-refractivity contribution is 0.0787. The molecule has 2 heteroatoms. The third-order valence-electron chi connectivity index (χ3n) is 4.31. The lowest BCUT2D eigenvalue weighted by atomic mass is 9.92. The summed E-state index contributed by atoms with van der Waals surface area (Å²) in [4.78, 5) is 2.77. The molecule has 15 heavy (non-hydrogen) atoms. The number of rotatable bonds is 3. The largest absolute Gasteiger partial charge is 0.312 e. The summed E-state index contributed by atoms with van der Waals surface area (Å²) in [6.07, 6.45) is 8.35. The van der Waals surface area contributed by atoms with Crippen LogP contribution in [-0.4, -0.2) is 36.1 Å². The standard InChI is InChI=1S/C13H26N2/c1-3-11(2)15-10-5-4-8-13(15)12-7-6-9-14-12/h11-14H,3-10H2,1-2H3. The van der Waals surface area contributed by atoms with E-state index in [1.807, 2.05) is 0 Å². The molecule has 3 unspecified atom stereocenters. The number of likely N-dealkylation sites (tertiary alicyclic amines) is 1. The Labute approximate surface area is 94.4 Å². The van der Waals surface area contributed by atoms with Gasteiger partial charge in [0, 0.05) is 18.1 Å². The van der Waals surface area contributed by atoms with Crippen LogP contribution in [0.3, 0.4) is 0 Å². The molecule has 0 spiro atoms. The van der Waals surface area contributed by atoms with E-state index in [0.29, 0.717) is 0 Å². The van der Waals surface area contributed by atoms with Crippen molar-refractivity contribution >= 4 is 0 Å². The second-order valence-electron chi connectivity index (χ2n) is 5.26. The highest BCUT2D eigenvalue weighted by Gasteiger charge is 2.33. The van der Waals surface area contributed by atoms with Gasteiger partial charge in [-0.15, -0.1) is 0 Å². The van der Waals surface area contributed by atoms with Crippen LogP contribution in [0.1, 0.15) is 52.4 Å². The number of piperidine rings is 1. The van der Waals surface area contributed by atoms with Gasteiger partial charge in [-0.3, -0.25) is 4.90 Å². The molecule has 2 heterocycles. The summed E-state index contributed by atoms with van der Waals surface area (Å²) in [7, 11) is 0. The first-order valence-corrected chi connectivity index (χ1v) is 6.82. The van der Waals surface area contributed by atoms with Crippen molar-refractivity contribution in [2.24, 2.45) is 0 Å². The average Bonchev–Trinajstić information content (AvgIpc) is 2.81. The fraction of sp³-hybridized carbons (Fsp3) is 1.00. The Hall–Kier alpha value is -0.0800. The van der Waals surface area contributed by atoms with Gasteiger partial charge in [0.15, 0.2) is 0 Å². The van der Waals surface area contributed by atoms with Crippen molar-refractivity contribution in [1.29, 1.82) is 0 Å². The molecule has 2 saturated heterocycles. The lowest BCUT2D eigenvalue weighted by Gasteiger charge is -2.42.